The fraction of sp³-hybridized carbons (Fsp3) is 0.667. The molecule has 0 bridgehead atoms. The number of aliphatic hydroxyl groups excluding tert-OH is 1. The molecule has 2 rings (SSSR count). The molecule has 1 aromatic heterocycles. The lowest BCUT2D eigenvalue weighted by Gasteiger charge is -2.22. The van der Waals surface area contributed by atoms with Gasteiger partial charge < -0.3 is 5.11 Å². The van der Waals surface area contributed by atoms with Crippen LogP contribution in [0.15, 0.2) is 6.33 Å². The first-order valence-corrected chi connectivity index (χ1v) is 5.71. The first kappa shape index (κ1) is 10.6. The van der Waals surface area contributed by atoms with Crippen molar-refractivity contribution in [1.82, 2.24) is 9.97 Å². The minimum absolute atomic E-state index is 0.111. The minimum Gasteiger partial charge on any atom is -0.393 e. The molecule has 1 heterocycles. The molecular formula is C12H18N2O. The number of hydrogen-bond donors (Lipinski definition) is 1. The zero-order valence-corrected chi connectivity index (χ0v) is 9.40. The van der Waals surface area contributed by atoms with E-state index in [1.807, 2.05) is 13.8 Å². The molecule has 0 saturated heterocycles. The Kier molecular flexibility index (Phi) is 3.00. The van der Waals surface area contributed by atoms with Gasteiger partial charge in [-0.25, -0.2) is 9.97 Å². The molecular weight excluding hydrogens is 188 g/mol. The third kappa shape index (κ3) is 2.02. The van der Waals surface area contributed by atoms with Crippen molar-refractivity contribution in [3.8, 4) is 0 Å². The molecule has 2 atom stereocenters. The largest absolute Gasteiger partial charge is 0.393 e. The van der Waals surface area contributed by atoms with Gasteiger partial charge in [0.15, 0.2) is 0 Å². The highest BCUT2D eigenvalue weighted by Gasteiger charge is 2.21. The van der Waals surface area contributed by atoms with Crippen molar-refractivity contribution < 1.29 is 5.11 Å². The monoisotopic (exact) mass is 206 g/mol. The second-order valence-corrected chi connectivity index (χ2v) is 4.42. The van der Waals surface area contributed by atoms with E-state index in [2.05, 4.69) is 9.97 Å². The highest BCUT2D eigenvalue weighted by atomic mass is 16.3. The summed E-state index contributed by atoms with van der Waals surface area (Å²) in [5.41, 5.74) is 3.53. The number of fused-ring (bicyclic) bond motifs is 1. The van der Waals surface area contributed by atoms with Crippen LogP contribution in [0, 0.1) is 0 Å². The summed E-state index contributed by atoms with van der Waals surface area (Å²) in [6, 6.07) is 0. The van der Waals surface area contributed by atoms with Crippen LogP contribution < -0.4 is 0 Å². The fourth-order valence-electron chi connectivity index (χ4n) is 2.17. The Hall–Kier alpha value is -0.960. The van der Waals surface area contributed by atoms with Gasteiger partial charge in [-0.05, 0) is 38.2 Å². The van der Waals surface area contributed by atoms with Gasteiger partial charge in [-0.2, -0.15) is 0 Å². The average Bonchev–Trinajstić information content (AvgIpc) is 2.27. The summed E-state index contributed by atoms with van der Waals surface area (Å²) >= 11 is 0. The molecule has 82 valence electrons. The van der Waals surface area contributed by atoms with Gasteiger partial charge in [0.2, 0.25) is 0 Å². The van der Waals surface area contributed by atoms with Crippen molar-refractivity contribution in [2.24, 2.45) is 0 Å². The fourth-order valence-corrected chi connectivity index (χ4v) is 2.17. The van der Waals surface area contributed by atoms with Crippen LogP contribution in [0.5, 0.6) is 0 Å². The SMILES string of the molecule is CC(O)C(C)c1ncnc2c1CCCC2. The van der Waals surface area contributed by atoms with E-state index in [4.69, 9.17) is 0 Å². The lowest BCUT2D eigenvalue weighted by molar-refractivity contribution is 0.166. The molecule has 0 saturated carbocycles. The van der Waals surface area contributed by atoms with Crippen LogP contribution in [0.25, 0.3) is 0 Å². The minimum atomic E-state index is -0.342. The van der Waals surface area contributed by atoms with E-state index in [9.17, 15) is 5.11 Å². The van der Waals surface area contributed by atoms with Gasteiger partial charge >= 0.3 is 0 Å². The second-order valence-electron chi connectivity index (χ2n) is 4.42. The van der Waals surface area contributed by atoms with Crippen molar-refractivity contribution in [3.05, 3.63) is 23.3 Å². The quantitative estimate of drug-likeness (QED) is 0.803. The van der Waals surface area contributed by atoms with E-state index < -0.39 is 0 Å². The maximum absolute atomic E-state index is 9.62. The van der Waals surface area contributed by atoms with E-state index in [-0.39, 0.29) is 12.0 Å². The van der Waals surface area contributed by atoms with E-state index in [0.717, 1.165) is 18.5 Å². The Morgan fingerprint density at radius 1 is 1.20 bits per heavy atom. The summed E-state index contributed by atoms with van der Waals surface area (Å²) in [6.45, 7) is 3.85. The van der Waals surface area contributed by atoms with Crippen LogP contribution >= 0.6 is 0 Å². The third-order valence-electron chi connectivity index (χ3n) is 3.31. The van der Waals surface area contributed by atoms with Crippen LogP contribution in [0.4, 0.5) is 0 Å². The number of aromatic nitrogens is 2. The van der Waals surface area contributed by atoms with Gasteiger partial charge in [0, 0.05) is 11.6 Å². The van der Waals surface area contributed by atoms with Crippen molar-refractivity contribution in [3.63, 3.8) is 0 Å². The van der Waals surface area contributed by atoms with Crippen LogP contribution in [0.2, 0.25) is 0 Å². The van der Waals surface area contributed by atoms with Gasteiger partial charge in [-0.1, -0.05) is 6.92 Å². The Balaban J connectivity index is 2.39. The highest BCUT2D eigenvalue weighted by molar-refractivity contribution is 5.29. The number of rotatable bonds is 2. The lowest BCUT2D eigenvalue weighted by atomic mass is 9.89. The third-order valence-corrected chi connectivity index (χ3v) is 3.31. The van der Waals surface area contributed by atoms with Gasteiger partial charge in [-0.15, -0.1) is 0 Å². The van der Waals surface area contributed by atoms with Crippen molar-refractivity contribution >= 4 is 0 Å². The first-order chi connectivity index (χ1) is 7.20. The molecule has 1 aliphatic carbocycles. The molecule has 0 aliphatic heterocycles. The van der Waals surface area contributed by atoms with Gasteiger partial charge in [-0.3, -0.25) is 0 Å². The lowest BCUT2D eigenvalue weighted by Crippen LogP contribution is -2.18. The van der Waals surface area contributed by atoms with E-state index in [1.165, 1.54) is 24.1 Å². The summed E-state index contributed by atoms with van der Waals surface area (Å²) < 4.78 is 0. The summed E-state index contributed by atoms with van der Waals surface area (Å²) in [6.07, 6.45) is 5.89. The number of aliphatic hydroxyl groups is 1. The summed E-state index contributed by atoms with van der Waals surface area (Å²) in [5, 5.41) is 9.62. The Morgan fingerprint density at radius 3 is 2.67 bits per heavy atom. The Morgan fingerprint density at radius 2 is 1.93 bits per heavy atom. The Bertz CT molecular complexity index is 349. The summed E-state index contributed by atoms with van der Waals surface area (Å²) in [4.78, 5) is 8.67. The molecule has 1 aliphatic rings. The molecule has 1 N–H and O–H groups in total. The van der Waals surface area contributed by atoms with Crippen LogP contribution in [-0.4, -0.2) is 21.2 Å². The normalized spacial score (nSPS) is 19.4. The van der Waals surface area contributed by atoms with Gasteiger partial charge in [0.1, 0.15) is 6.33 Å². The molecule has 15 heavy (non-hydrogen) atoms. The van der Waals surface area contributed by atoms with Crippen LogP contribution in [0.3, 0.4) is 0 Å². The molecule has 0 fully saturated rings. The second kappa shape index (κ2) is 4.27. The maximum atomic E-state index is 9.62. The standard InChI is InChI=1S/C12H18N2O/c1-8(9(2)15)12-10-5-3-4-6-11(10)13-7-14-12/h7-9,15H,3-6H2,1-2H3. The van der Waals surface area contributed by atoms with Crippen molar-refractivity contribution in [1.29, 1.82) is 0 Å². The molecule has 0 radical (unpaired) electrons. The van der Waals surface area contributed by atoms with Crippen molar-refractivity contribution in [2.75, 3.05) is 0 Å². The summed E-state index contributed by atoms with van der Waals surface area (Å²) in [7, 11) is 0. The van der Waals surface area contributed by atoms with Gasteiger partial charge in [0.05, 0.1) is 11.8 Å². The first-order valence-electron chi connectivity index (χ1n) is 5.71. The van der Waals surface area contributed by atoms with E-state index in [0.29, 0.717) is 0 Å². The molecule has 2 unspecified atom stereocenters. The molecule has 3 nitrogen and oxygen atoms in total. The van der Waals surface area contributed by atoms with Crippen LogP contribution in [0.1, 0.15) is 49.6 Å². The summed E-state index contributed by atoms with van der Waals surface area (Å²) in [5.74, 6) is 0.111. The number of nitrogens with zero attached hydrogens (tertiary/aromatic N) is 2. The molecule has 0 amide bonds. The van der Waals surface area contributed by atoms with Gasteiger partial charge in [0.25, 0.3) is 0 Å². The van der Waals surface area contributed by atoms with Crippen molar-refractivity contribution in [2.45, 2.75) is 51.6 Å². The molecule has 0 spiro atoms. The molecule has 1 aromatic rings. The number of aryl methyl sites for hydroxylation is 1. The maximum Gasteiger partial charge on any atom is 0.115 e. The predicted octanol–water partition coefficient (Wildman–Crippen LogP) is 1.84. The molecule has 3 heteroatoms. The highest BCUT2D eigenvalue weighted by Crippen LogP contribution is 2.27. The van der Waals surface area contributed by atoms with E-state index in [1.54, 1.807) is 6.33 Å². The zero-order chi connectivity index (χ0) is 10.8. The number of hydrogen-bond acceptors (Lipinski definition) is 3. The van der Waals surface area contributed by atoms with Crippen LogP contribution in [-0.2, 0) is 12.8 Å². The Labute approximate surface area is 90.6 Å². The molecule has 0 aromatic carbocycles. The smallest absolute Gasteiger partial charge is 0.115 e. The average molecular weight is 206 g/mol. The predicted molar refractivity (Wildman–Crippen MR) is 58.8 cm³/mol. The topological polar surface area (TPSA) is 46.0 Å². The van der Waals surface area contributed by atoms with E-state index >= 15 is 0 Å². The zero-order valence-electron chi connectivity index (χ0n) is 9.40.